The van der Waals surface area contributed by atoms with E-state index in [0.717, 1.165) is 5.56 Å². The molecule has 0 unspecified atom stereocenters. The first-order valence-electron chi connectivity index (χ1n) is 2.26. The third-order valence-electron chi connectivity index (χ3n) is 0.843. The summed E-state index contributed by atoms with van der Waals surface area (Å²) in [4.78, 5) is 0. The van der Waals surface area contributed by atoms with Gasteiger partial charge in [0, 0.05) is 0 Å². The van der Waals surface area contributed by atoms with Gasteiger partial charge < -0.3 is 37.2 Å². The summed E-state index contributed by atoms with van der Waals surface area (Å²) in [6.07, 6.45) is 0. The van der Waals surface area contributed by atoms with Crippen molar-refractivity contribution in [1.82, 2.24) is 0 Å². The summed E-state index contributed by atoms with van der Waals surface area (Å²) >= 11 is 0. The Bertz CT molecular complexity index is 149. The summed E-state index contributed by atoms with van der Waals surface area (Å²) in [5, 5.41) is 0. The van der Waals surface area contributed by atoms with Crippen molar-refractivity contribution in [3.63, 3.8) is 0 Å². The van der Waals surface area contributed by atoms with Crippen molar-refractivity contribution in [2.75, 3.05) is 0 Å². The topological polar surface area (TPSA) is 0 Å². The zero-order valence-corrected chi connectivity index (χ0v) is 9.56. The maximum atomic E-state index is 3.72. The molecule has 0 aliphatic carbocycles. The average molecular weight is 277 g/mol. The van der Waals surface area contributed by atoms with E-state index >= 15 is 0 Å². The summed E-state index contributed by atoms with van der Waals surface area (Å²) in [5.74, 6) is 0. The van der Waals surface area contributed by atoms with Crippen molar-refractivity contribution in [3.05, 3.63) is 42.8 Å². The van der Waals surface area contributed by atoms with Gasteiger partial charge in [-0.25, -0.2) is 0 Å². The molecular formula is C7H11Cl3SiTi. The average Bonchev–Trinajstić information content (AvgIpc) is 1.69. The van der Waals surface area contributed by atoms with Crippen LogP contribution in [0.1, 0.15) is 5.56 Å². The summed E-state index contributed by atoms with van der Waals surface area (Å²) in [6, 6.07) is 9.87. The van der Waals surface area contributed by atoms with E-state index in [9.17, 15) is 0 Å². The zero-order chi connectivity index (χ0) is 5.11. The number of halogens is 3. The molecule has 0 bridgehead atoms. The fourth-order valence-corrected chi connectivity index (χ4v) is 0.478. The fourth-order valence-electron chi connectivity index (χ4n) is 0.478. The van der Waals surface area contributed by atoms with Crippen LogP contribution in [0.25, 0.3) is 0 Å². The molecule has 0 heterocycles. The van der Waals surface area contributed by atoms with E-state index in [-0.39, 0.29) is 69.9 Å². The molecule has 0 saturated carbocycles. The van der Waals surface area contributed by atoms with Crippen LogP contribution in [0, 0.1) is 6.92 Å². The van der Waals surface area contributed by atoms with Crippen molar-refractivity contribution in [3.8, 4) is 0 Å². The molecule has 0 spiro atoms. The molecule has 0 nitrogen and oxygen atoms in total. The van der Waals surface area contributed by atoms with Crippen molar-refractivity contribution in [2.24, 2.45) is 0 Å². The number of benzene rings is 1. The van der Waals surface area contributed by atoms with Gasteiger partial charge in [-0.15, -0.1) is 12.1 Å². The molecule has 1 aromatic rings. The number of rotatable bonds is 0. The smallest absolute Gasteiger partial charge is 1.00 e. The maximum absolute atomic E-state index is 3.72. The largest absolute Gasteiger partial charge is 4.00 e. The minimum Gasteiger partial charge on any atom is -1.00 e. The standard InChI is InChI=1S/C7H7.3ClH.H4Si.Ti/c1-7-5-3-2-4-6-7;;;;;/h2-6H,1H2;3*1H;1H4;/q-1;;;;;+4/p-3. The predicted octanol–water partition coefficient (Wildman–Crippen LogP) is -8.57. The van der Waals surface area contributed by atoms with Crippen molar-refractivity contribution in [1.29, 1.82) is 0 Å². The summed E-state index contributed by atoms with van der Waals surface area (Å²) in [6.45, 7) is 3.72. The van der Waals surface area contributed by atoms with E-state index in [2.05, 4.69) is 6.92 Å². The normalized spacial score (nSPS) is 5.00. The second kappa shape index (κ2) is 17.8. The minimum absolute atomic E-state index is 0. The Morgan fingerprint density at radius 3 is 1.33 bits per heavy atom. The van der Waals surface area contributed by atoms with E-state index < -0.39 is 0 Å². The van der Waals surface area contributed by atoms with Gasteiger partial charge in [0.05, 0.1) is 0 Å². The molecule has 1 rings (SSSR count). The predicted molar refractivity (Wildman–Crippen MR) is 42.2 cm³/mol. The van der Waals surface area contributed by atoms with E-state index in [1.165, 1.54) is 0 Å². The van der Waals surface area contributed by atoms with Gasteiger partial charge >= 0.3 is 21.7 Å². The Labute approximate surface area is 112 Å². The second-order valence-electron chi connectivity index (χ2n) is 1.49. The molecule has 0 aliphatic heterocycles. The van der Waals surface area contributed by atoms with Gasteiger partial charge in [-0.2, -0.15) is 24.6 Å². The van der Waals surface area contributed by atoms with E-state index in [1.807, 2.05) is 30.3 Å². The molecule has 0 aliphatic rings. The Balaban J connectivity index is -0.0000000327. The summed E-state index contributed by atoms with van der Waals surface area (Å²) < 4.78 is 0. The van der Waals surface area contributed by atoms with Gasteiger partial charge in [-0.1, -0.05) is 6.07 Å². The molecule has 0 saturated heterocycles. The van der Waals surface area contributed by atoms with Crippen molar-refractivity contribution < 1.29 is 58.9 Å². The maximum Gasteiger partial charge on any atom is 4.00 e. The Kier molecular flexibility index (Phi) is 43.5. The van der Waals surface area contributed by atoms with Gasteiger partial charge in [0.25, 0.3) is 0 Å². The molecule has 12 heavy (non-hydrogen) atoms. The van der Waals surface area contributed by atoms with Gasteiger partial charge in [-0.05, 0) is 11.0 Å². The van der Waals surface area contributed by atoms with Crippen LogP contribution < -0.4 is 37.2 Å². The van der Waals surface area contributed by atoms with Crippen LogP contribution in [-0.4, -0.2) is 11.0 Å². The van der Waals surface area contributed by atoms with Crippen LogP contribution in [0.3, 0.4) is 0 Å². The van der Waals surface area contributed by atoms with Gasteiger partial charge in [0.2, 0.25) is 0 Å². The number of hydrogen-bond donors (Lipinski definition) is 0. The molecule has 5 heteroatoms. The monoisotopic (exact) mass is 276 g/mol. The summed E-state index contributed by atoms with van der Waals surface area (Å²) in [5.41, 5.74) is 1.07. The molecule has 0 N–H and O–H groups in total. The molecule has 1 aromatic carbocycles. The first-order valence-corrected chi connectivity index (χ1v) is 2.26. The molecule has 0 aromatic heterocycles. The Hall–Kier alpha value is 0.891. The Morgan fingerprint density at radius 1 is 0.833 bits per heavy atom. The van der Waals surface area contributed by atoms with Crippen molar-refractivity contribution >= 4 is 11.0 Å². The van der Waals surface area contributed by atoms with Crippen LogP contribution in [0.2, 0.25) is 0 Å². The molecule has 68 valence electrons. The van der Waals surface area contributed by atoms with Crippen LogP contribution >= 0.6 is 0 Å². The first kappa shape index (κ1) is 29.3. The molecule has 0 amide bonds. The van der Waals surface area contributed by atoms with Gasteiger partial charge in [0.1, 0.15) is 0 Å². The minimum atomic E-state index is 0. The second-order valence-corrected chi connectivity index (χ2v) is 1.49. The number of hydrogen-bond acceptors (Lipinski definition) is 0. The Morgan fingerprint density at radius 2 is 1.17 bits per heavy atom. The molecule has 0 radical (unpaired) electrons. The third-order valence-corrected chi connectivity index (χ3v) is 0.843. The quantitative estimate of drug-likeness (QED) is 0.326. The van der Waals surface area contributed by atoms with E-state index in [0.29, 0.717) is 0 Å². The first-order chi connectivity index (χ1) is 3.39. The molecular weight excluding hydrogens is 266 g/mol. The molecule has 0 fully saturated rings. The van der Waals surface area contributed by atoms with Gasteiger partial charge in [0.15, 0.2) is 0 Å². The van der Waals surface area contributed by atoms with Crippen LogP contribution in [0.4, 0.5) is 0 Å². The third kappa shape index (κ3) is 13.5. The van der Waals surface area contributed by atoms with E-state index in [1.54, 1.807) is 0 Å². The zero-order valence-electron chi connectivity index (χ0n) is 5.73. The summed E-state index contributed by atoms with van der Waals surface area (Å²) in [7, 11) is 0. The van der Waals surface area contributed by atoms with Crippen molar-refractivity contribution in [2.45, 2.75) is 0 Å². The van der Waals surface area contributed by atoms with Crippen LogP contribution in [0.5, 0.6) is 0 Å². The van der Waals surface area contributed by atoms with Gasteiger partial charge in [-0.3, -0.25) is 0 Å². The van der Waals surface area contributed by atoms with Crippen LogP contribution in [-0.2, 0) is 21.7 Å². The van der Waals surface area contributed by atoms with Crippen LogP contribution in [0.15, 0.2) is 30.3 Å². The van der Waals surface area contributed by atoms with E-state index in [4.69, 9.17) is 0 Å². The SMILES string of the molecule is [CH2-]c1ccccc1.[Cl-].[Cl-].[Cl-].[SiH4].[Ti+4]. The fraction of sp³-hybridized carbons (Fsp3) is 0. The molecule has 0 atom stereocenters.